The Morgan fingerprint density at radius 1 is 1.20 bits per heavy atom. The summed E-state index contributed by atoms with van der Waals surface area (Å²) in [5.74, 6) is 0.341. The highest BCUT2D eigenvalue weighted by Gasteiger charge is 2.24. The summed E-state index contributed by atoms with van der Waals surface area (Å²) in [5, 5.41) is 8.12. The van der Waals surface area contributed by atoms with E-state index >= 15 is 0 Å². The van der Waals surface area contributed by atoms with Gasteiger partial charge >= 0.3 is 0 Å². The lowest BCUT2D eigenvalue weighted by Gasteiger charge is -2.15. The number of carbonyl (C=O) groups excluding carboxylic acids is 1. The number of benzene rings is 1. The van der Waals surface area contributed by atoms with Crippen LogP contribution in [-0.4, -0.2) is 35.4 Å². The predicted molar refractivity (Wildman–Crippen MR) is 77.4 cm³/mol. The largest absolute Gasteiger partial charge is 0.296 e. The molecule has 0 N–H and O–H groups in total. The van der Waals surface area contributed by atoms with Crippen LogP contribution in [0, 0.1) is 0 Å². The molecular weight excluding hydrogens is 276 g/mol. The van der Waals surface area contributed by atoms with Gasteiger partial charge in [-0.05, 0) is 6.07 Å². The van der Waals surface area contributed by atoms with E-state index in [2.05, 4.69) is 15.2 Å². The lowest BCUT2D eigenvalue weighted by atomic mass is 10.0. The van der Waals surface area contributed by atoms with Crippen molar-refractivity contribution in [2.45, 2.75) is 0 Å². The SMILES string of the molecule is CN1C(=O)CN=C(c2ccccc2)c2cc(Cl)nnc21. The number of fused-ring (bicyclic) bond motifs is 1. The van der Waals surface area contributed by atoms with Gasteiger partial charge in [0.1, 0.15) is 6.54 Å². The molecule has 0 unspecified atom stereocenters. The summed E-state index contributed by atoms with van der Waals surface area (Å²) in [4.78, 5) is 17.8. The molecule has 1 aromatic heterocycles. The number of halogens is 1. The minimum absolute atomic E-state index is 0.0781. The van der Waals surface area contributed by atoms with Gasteiger partial charge in [-0.25, -0.2) is 0 Å². The predicted octanol–water partition coefficient (Wildman–Crippen LogP) is 1.94. The Labute approximate surface area is 120 Å². The lowest BCUT2D eigenvalue weighted by molar-refractivity contribution is -0.116. The van der Waals surface area contributed by atoms with E-state index in [9.17, 15) is 4.79 Å². The van der Waals surface area contributed by atoms with Gasteiger partial charge in [-0.3, -0.25) is 14.7 Å². The molecule has 0 radical (unpaired) electrons. The van der Waals surface area contributed by atoms with Crippen LogP contribution in [0.3, 0.4) is 0 Å². The van der Waals surface area contributed by atoms with Crippen LogP contribution in [0.15, 0.2) is 41.4 Å². The zero-order chi connectivity index (χ0) is 14.1. The number of aliphatic imine (C=N–C) groups is 1. The summed E-state index contributed by atoms with van der Waals surface area (Å²) < 4.78 is 0. The smallest absolute Gasteiger partial charge is 0.249 e. The summed E-state index contributed by atoms with van der Waals surface area (Å²) in [5.41, 5.74) is 2.33. The van der Waals surface area contributed by atoms with Gasteiger partial charge in [0.2, 0.25) is 5.91 Å². The van der Waals surface area contributed by atoms with Crippen molar-refractivity contribution in [3.63, 3.8) is 0 Å². The first-order chi connectivity index (χ1) is 9.66. The molecule has 0 atom stereocenters. The average Bonchev–Trinajstić information content (AvgIpc) is 2.58. The van der Waals surface area contributed by atoms with Gasteiger partial charge in [0.15, 0.2) is 11.0 Å². The van der Waals surface area contributed by atoms with Crippen molar-refractivity contribution >= 4 is 29.0 Å². The van der Waals surface area contributed by atoms with Gasteiger partial charge in [0, 0.05) is 18.2 Å². The second-order valence-corrected chi connectivity index (χ2v) is 4.78. The van der Waals surface area contributed by atoms with E-state index in [0.29, 0.717) is 17.1 Å². The molecule has 0 aliphatic carbocycles. The van der Waals surface area contributed by atoms with E-state index in [1.54, 1.807) is 13.1 Å². The Morgan fingerprint density at radius 3 is 2.70 bits per heavy atom. The number of rotatable bonds is 1. The van der Waals surface area contributed by atoms with Crippen LogP contribution < -0.4 is 4.90 Å². The molecule has 1 amide bonds. The summed E-state index contributed by atoms with van der Waals surface area (Å²) in [6.45, 7) is 0.0781. The van der Waals surface area contributed by atoms with Gasteiger partial charge in [0.05, 0.1) is 5.71 Å². The minimum Gasteiger partial charge on any atom is -0.296 e. The molecular formula is C14H11ClN4O. The number of hydrogen-bond acceptors (Lipinski definition) is 4. The van der Waals surface area contributed by atoms with E-state index in [4.69, 9.17) is 11.6 Å². The molecule has 1 aromatic carbocycles. The molecule has 2 heterocycles. The highest BCUT2D eigenvalue weighted by atomic mass is 35.5. The van der Waals surface area contributed by atoms with Crippen LogP contribution in [0.4, 0.5) is 5.82 Å². The van der Waals surface area contributed by atoms with Crippen LogP contribution in [0.2, 0.25) is 5.15 Å². The van der Waals surface area contributed by atoms with Crippen LogP contribution >= 0.6 is 11.6 Å². The number of aromatic nitrogens is 2. The Bertz CT molecular complexity index is 700. The molecule has 0 saturated carbocycles. The fraction of sp³-hybridized carbons (Fsp3) is 0.143. The van der Waals surface area contributed by atoms with E-state index in [1.807, 2.05) is 30.3 Å². The molecule has 20 heavy (non-hydrogen) atoms. The fourth-order valence-corrected chi connectivity index (χ4v) is 2.23. The number of amides is 1. The molecule has 0 bridgehead atoms. The highest BCUT2D eigenvalue weighted by molar-refractivity contribution is 6.30. The van der Waals surface area contributed by atoms with Crippen LogP contribution in [0.1, 0.15) is 11.1 Å². The Balaban J connectivity index is 2.23. The standard InChI is InChI=1S/C14H11ClN4O/c1-19-12(20)8-16-13(9-5-3-2-4-6-9)10-7-11(15)17-18-14(10)19/h2-7H,8H2,1H3. The first kappa shape index (κ1) is 12.7. The second-order valence-electron chi connectivity index (χ2n) is 4.39. The summed E-state index contributed by atoms with van der Waals surface area (Å²) >= 11 is 5.93. The quantitative estimate of drug-likeness (QED) is 0.805. The highest BCUT2D eigenvalue weighted by Crippen LogP contribution is 2.24. The summed E-state index contributed by atoms with van der Waals surface area (Å²) in [6, 6.07) is 11.3. The number of likely N-dealkylation sites (N-methyl/N-ethyl adjacent to an activating group) is 1. The third kappa shape index (κ3) is 2.16. The van der Waals surface area contributed by atoms with E-state index in [0.717, 1.165) is 5.56 Å². The van der Waals surface area contributed by atoms with Crippen molar-refractivity contribution in [1.82, 2.24) is 10.2 Å². The van der Waals surface area contributed by atoms with E-state index in [-0.39, 0.29) is 17.6 Å². The summed E-state index contributed by atoms with van der Waals surface area (Å²) in [6.07, 6.45) is 0. The molecule has 2 aromatic rings. The molecule has 0 saturated heterocycles. The van der Waals surface area contributed by atoms with Crippen molar-refractivity contribution in [1.29, 1.82) is 0 Å². The normalized spacial score (nSPS) is 14.6. The fourth-order valence-electron chi connectivity index (χ4n) is 2.08. The van der Waals surface area contributed by atoms with Gasteiger partial charge in [-0.1, -0.05) is 41.9 Å². The van der Waals surface area contributed by atoms with Crippen molar-refractivity contribution in [2.75, 3.05) is 18.5 Å². The zero-order valence-electron chi connectivity index (χ0n) is 10.7. The van der Waals surface area contributed by atoms with Gasteiger partial charge in [0.25, 0.3) is 0 Å². The maximum absolute atomic E-state index is 12.0. The maximum Gasteiger partial charge on any atom is 0.249 e. The van der Waals surface area contributed by atoms with E-state index in [1.165, 1.54) is 4.90 Å². The van der Waals surface area contributed by atoms with Gasteiger partial charge < -0.3 is 0 Å². The number of nitrogens with zero attached hydrogens (tertiary/aromatic N) is 4. The van der Waals surface area contributed by atoms with Gasteiger partial charge in [-0.15, -0.1) is 10.2 Å². The third-order valence-electron chi connectivity index (χ3n) is 3.11. The molecule has 1 aliphatic rings. The first-order valence-electron chi connectivity index (χ1n) is 6.07. The molecule has 100 valence electrons. The van der Waals surface area contributed by atoms with Crippen molar-refractivity contribution in [2.24, 2.45) is 4.99 Å². The monoisotopic (exact) mass is 286 g/mol. The molecule has 5 nitrogen and oxygen atoms in total. The average molecular weight is 287 g/mol. The number of carbonyl (C=O) groups is 1. The third-order valence-corrected chi connectivity index (χ3v) is 3.30. The second kappa shape index (κ2) is 5.02. The Kier molecular flexibility index (Phi) is 3.20. The summed E-state index contributed by atoms with van der Waals surface area (Å²) in [7, 11) is 1.66. The van der Waals surface area contributed by atoms with Crippen molar-refractivity contribution in [3.8, 4) is 0 Å². The van der Waals surface area contributed by atoms with Gasteiger partial charge in [-0.2, -0.15) is 0 Å². The molecule has 1 aliphatic heterocycles. The molecule has 0 fully saturated rings. The zero-order valence-corrected chi connectivity index (χ0v) is 11.5. The number of anilines is 1. The van der Waals surface area contributed by atoms with Crippen molar-refractivity contribution in [3.05, 3.63) is 52.7 Å². The van der Waals surface area contributed by atoms with Crippen LogP contribution in [0.5, 0.6) is 0 Å². The van der Waals surface area contributed by atoms with E-state index < -0.39 is 0 Å². The van der Waals surface area contributed by atoms with Crippen LogP contribution in [0.25, 0.3) is 0 Å². The maximum atomic E-state index is 12.0. The lowest BCUT2D eigenvalue weighted by Crippen LogP contribution is -2.29. The molecule has 0 spiro atoms. The Hall–Kier alpha value is -2.27. The van der Waals surface area contributed by atoms with Crippen LogP contribution in [-0.2, 0) is 4.79 Å². The first-order valence-corrected chi connectivity index (χ1v) is 6.44. The number of hydrogen-bond donors (Lipinski definition) is 0. The molecule has 3 rings (SSSR count). The minimum atomic E-state index is -0.131. The van der Waals surface area contributed by atoms with Crippen molar-refractivity contribution < 1.29 is 4.79 Å². The molecule has 6 heteroatoms. The Morgan fingerprint density at radius 2 is 1.95 bits per heavy atom. The topological polar surface area (TPSA) is 58.5 Å².